The van der Waals surface area contributed by atoms with E-state index in [4.69, 9.17) is 0 Å². The van der Waals surface area contributed by atoms with Crippen molar-refractivity contribution in [2.75, 3.05) is 26.7 Å². The average Bonchev–Trinajstić information content (AvgIpc) is 2.96. The van der Waals surface area contributed by atoms with Crippen molar-refractivity contribution in [2.45, 2.75) is 32.2 Å². The summed E-state index contributed by atoms with van der Waals surface area (Å²) in [5.74, 6) is 0.259. The van der Waals surface area contributed by atoms with E-state index < -0.39 is 6.03 Å². The monoisotopic (exact) mass is 293 g/mol. The number of aromatic nitrogens is 2. The van der Waals surface area contributed by atoms with E-state index in [9.17, 15) is 9.59 Å². The number of rotatable bonds is 4. The maximum absolute atomic E-state index is 11.6. The number of nitrogens with zero attached hydrogens (tertiary/aromatic N) is 3. The zero-order chi connectivity index (χ0) is 15.2. The van der Waals surface area contributed by atoms with Gasteiger partial charge in [0, 0.05) is 19.8 Å². The van der Waals surface area contributed by atoms with Gasteiger partial charge in [0.15, 0.2) is 0 Å². The fraction of sp³-hybridized carbons (Fsp3) is 0.643. The van der Waals surface area contributed by atoms with Gasteiger partial charge >= 0.3 is 6.03 Å². The Morgan fingerprint density at radius 2 is 2.10 bits per heavy atom. The third-order valence-corrected chi connectivity index (χ3v) is 3.88. The third kappa shape index (κ3) is 4.29. The van der Waals surface area contributed by atoms with Gasteiger partial charge in [-0.2, -0.15) is 5.10 Å². The van der Waals surface area contributed by atoms with E-state index in [0.29, 0.717) is 5.92 Å². The maximum atomic E-state index is 11.6. The van der Waals surface area contributed by atoms with E-state index in [0.717, 1.165) is 32.5 Å². The lowest BCUT2D eigenvalue weighted by molar-refractivity contribution is -0.121. The van der Waals surface area contributed by atoms with Crippen molar-refractivity contribution in [3.05, 3.63) is 18.0 Å². The minimum atomic E-state index is -0.457. The molecule has 1 aliphatic heterocycles. The molecule has 0 radical (unpaired) electrons. The van der Waals surface area contributed by atoms with Crippen LogP contribution in [0.3, 0.4) is 0 Å². The molecule has 2 heterocycles. The molecule has 0 spiro atoms. The van der Waals surface area contributed by atoms with Gasteiger partial charge in [-0.25, -0.2) is 4.79 Å². The van der Waals surface area contributed by atoms with Crippen molar-refractivity contribution >= 4 is 11.9 Å². The molecule has 21 heavy (non-hydrogen) atoms. The molecule has 116 valence electrons. The Kier molecular flexibility index (Phi) is 5.32. The van der Waals surface area contributed by atoms with Gasteiger partial charge in [-0.3, -0.25) is 19.7 Å². The molecule has 1 aromatic rings. The second-order valence-corrected chi connectivity index (χ2v) is 5.31. The topological polar surface area (TPSA) is 79.3 Å². The SMILES string of the molecule is CCn1cc(C2CCN(CC(=O)NC(=O)NC)CC2)cn1. The third-order valence-electron chi connectivity index (χ3n) is 3.88. The highest BCUT2D eigenvalue weighted by molar-refractivity contribution is 5.95. The van der Waals surface area contributed by atoms with Gasteiger partial charge < -0.3 is 5.32 Å². The number of aryl methyl sites for hydroxylation is 1. The van der Waals surface area contributed by atoms with E-state index >= 15 is 0 Å². The van der Waals surface area contributed by atoms with Gasteiger partial charge in [0.25, 0.3) is 0 Å². The summed E-state index contributed by atoms with van der Waals surface area (Å²) >= 11 is 0. The van der Waals surface area contributed by atoms with Crippen LogP contribution < -0.4 is 10.6 Å². The first-order chi connectivity index (χ1) is 10.1. The van der Waals surface area contributed by atoms with Crippen LogP contribution in [0.15, 0.2) is 12.4 Å². The second-order valence-electron chi connectivity index (χ2n) is 5.31. The van der Waals surface area contributed by atoms with E-state index in [2.05, 4.69) is 33.8 Å². The second kappa shape index (κ2) is 7.21. The Hall–Kier alpha value is -1.89. The highest BCUT2D eigenvalue weighted by Crippen LogP contribution is 2.27. The van der Waals surface area contributed by atoms with Crippen LogP contribution in [0.5, 0.6) is 0 Å². The van der Waals surface area contributed by atoms with Crippen molar-refractivity contribution in [1.82, 2.24) is 25.3 Å². The number of carbonyl (C=O) groups is 2. The first kappa shape index (κ1) is 15.5. The first-order valence-electron chi connectivity index (χ1n) is 7.38. The van der Waals surface area contributed by atoms with Crippen LogP contribution in [-0.2, 0) is 11.3 Å². The lowest BCUT2D eigenvalue weighted by Gasteiger charge is -2.30. The fourth-order valence-electron chi connectivity index (χ4n) is 2.62. The first-order valence-corrected chi connectivity index (χ1v) is 7.38. The van der Waals surface area contributed by atoms with Crippen LogP contribution in [0.25, 0.3) is 0 Å². The summed E-state index contributed by atoms with van der Waals surface area (Å²) < 4.78 is 1.94. The van der Waals surface area contributed by atoms with Gasteiger partial charge in [0.1, 0.15) is 0 Å². The van der Waals surface area contributed by atoms with Crippen LogP contribution >= 0.6 is 0 Å². The van der Waals surface area contributed by atoms with E-state index in [1.54, 1.807) is 0 Å². The van der Waals surface area contributed by atoms with E-state index in [1.165, 1.54) is 12.6 Å². The largest absolute Gasteiger partial charge is 0.341 e. The van der Waals surface area contributed by atoms with Gasteiger partial charge in [-0.15, -0.1) is 0 Å². The van der Waals surface area contributed by atoms with Gasteiger partial charge in [-0.05, 0) is 44.3 Å². The molecule has 0 bridgehead atoms. The maximum Gasteiger partial charge on any atom is 0.321 e. The fourth-order valence-corrected chi connectivity index (χ4v) is 2.62. The number of piperidine rings is 1. The number of carbonyl (C=O) groups excluding carboxylic acids is 2. The molecule has 7 heteroatoms. The smallest absolute Gasteiger partial charge is 0.321 e. The number of amides is 3. The number of urea groups is 1. The minimum absolute atomic E-state index is 0.258. The molecular weight excluding hydrogens is 270 g/mol. The highest BCUT2D eigenvalue weighted by Gasteiger charge is 2.23. The Morgan fingerprint density at radius 1 is 1.38 bits per heavy atom. The normalized spacial score (nSPS) is 16.7. The lowest BCUT2D eigenvalue weighted by atomic mass is 9.91. The zero-order valence-corrected chi connectivity index (χ0v) is 12.6. The molecular formula is C14H23N5O2. The van der Waals surface area contributed by atoms with Gasteiger partial charge in [-0.1, -0.05) is 0 Å². The number of hydrogen-bond acceptors (Lipinski definition) is 4. The number of imide groups is 1. The number of nitrogens with one attached hydrogen (secondary N) is 2. The van der Waals surface area contributed by atoms with Crippen LogP contribution in [0.1, 0.15) is 31.2 Å². The molecule has 0 atom stereocenters. The summed E-state index contributed by atoms with van der Waals surface area (Å²) in [5, 5.41) is 8.97. The Balaban J connectivity index is 1.77. The molecule has 0 aromatic carbocycles. The van der Waals surface area contributed by atoms with E-state index in [-0.39, 0.29) is 12.5 Å². The average molecular weight is 293 g/mol. The molecule has 3 amide bonds. The standard InChI is InChI=1S/C14H23N5O2/c1-3-19-9-12(8-16-19)11-4-6-18(7-5-11)10-13(20)17-14(21)15-2/h8-9,11H,3-7,10H2,1-2H3,(H2,15,17,20,21). The Bertz CT molecular complexity index is 491. The van der Waals surface area contributed by atoms with Crippen LogP contribution in [0.4, 0.5) is 4.79 Å². The number of likely N-dealkylation sites (tertiary alicyclic amines) is 1. The molecule has 1 fully saturated rings. The molecule has 2 N–H and O–H groups in total. The Labute approximate surface area is 124 Å². The summed E-state index contributed by atoms with van der Waals surface area (Å²) in [6.07, 6.45) is 6.09. The predicted octanol–water partition coefficient (Wildman–Crippen LogP) is 0.538. The summed E-state index contributed by atoms with van der Waals surface area (Å²) in [6, 6.07) is -0.457. The van der Waals surface area contributed by atoms with Crippen molar-refractivity contribution < 1.29 is 9.59 Å². The molecule has 0 aliphatic carbocycles. The minimum Gasteiger partial charge on any atom is -0.341 e. The van der Waals surface area contributed by atoms with Crippen LogP contribution in [0.2, 0.25) is 0 Å². The molecule has 0 saturated carbocycles. The molecule has 1 aliphatic rings. The summed E-state index contributed by atoms with van der Waals surface area (Å²) in [5.41, 5.74) is 1.28. The van der Waals surface area contributed by atoms with Crippen molar-refractivity contribution in [3.8, 4) is 0 Å². The predicted molar refractivity (Wildman–Crippen MR) is 78.9 cm³/mol. The number of hydrogen-bond donors (Lipinski definition) is 2. The Morgan fingerprint density at radius 3 is 2.67 bits per heavy atom. The van der Waals surface area contributed by atoms with Gasteiger partial charge in [0.2, 0.25) is 5.91 Å². The zero-order valence-electron chi connectivity index (χ0n) is 12.6. The molecule has 2 rings (SSSR count). The lowest BCUT2D eigenvalue weighted by Crippen LogP contribution is -2.45. The summed E-state index contributed by atoms with van der Waals surface area (Å²) in [7, 11) is 1.49. The highest BCUT2D eigenvalue weighted by atomic mass is 16.2. The summed E-state index contributed by atoms with van der Waals surface area (Å²) in [4.78, 5) is 24.8. The van der Waals surface area contributed by atoms with Crippen molar-refractivity contribution in [1.29, 1.82) is 0 Å². The van der Waals surface area contributed by atoms with Crippen LogP contribution in [0, 0.1) is 0 Å². The van der Waals surface area contributed by atoms with Crippen LogP contribution in [-0.4, -0.2) is 53.3 Å². The van der Waals surface area contributed by atoms with Gasteiger partial charge in [0.05, 0.1) is 12.7 Å². The summed E-state index contributed by atoms with van der Waals surface area (Å²) in [6.45, 7) is 4.96. The quantitative estimate of drug-likeness (QED) is 0.849. The molecule has 1 aromatic heterocycles. The molecule has 7 nitrogen and oxygen atoms in total. The van der Waals surface area contributed by atoms with Crippen molar-refractivity contribution in [3.63, 3.8) is 0 Å². The van der Waals surface area contributed by atoms with E-state index in [1.807, 2.05) is 10.9 Å². The molecule has 1 saturated heterocycles. The molecule has 0 unspecified atom stereocenters. The van der Waals surface area contributed by atoms with Crippen molar-refractivity contribution in [2.24, 2.45) is 0 Å².